The Balaban J connectivity index is 1.48. The highest BCUT2D eigenvalue weighted by molar-refractivity contribution is 6.07. The number of likely N-dealkylation sites (N-methyl/N-ethyl adjacent to an activating group) is 1. The monoisotopic (exact) mass is 514 g/mol. The molecule has 0 saturated carbocycles. The molecule has 5 rings (SSSR count). The van der Waals surface area contributed by atoms with E-state index in [0.717, 1.165) is 38.1 Å². The average molecular weight is 515 g/mol. The highest BCUT2D eigenvalue weighted by Gasteiger charge is 2.42. The first-order chi connectivity index (χ1) is 18.4. The number of benzene rings is 1. The topological polar surface area (TPSA) is 115 Å². The summed E-state index contributed by atoms with van der Waals surface area (Å²) in [6.07, 6.45) is 10.4. The minimum Gasteiger partial charge on any atom is -0.370 e. The van der Waals surface area contributed by atoms with E-state index in [4.69, 9.17) is 0 Å². The van der Waals surface area contributed by atoms with Gasteiger partial charge >= 0.3 is 0 Å². The third-order valence-corrected chi connectivity index (χ3v) is 6.57. The number of fused-ring (bicyclic) bond motifs is 1. The van der Waals surface area contributed by atoms with Gasteiger partial charge in [-0.15, -0.1) is 0 Å². The van der Waals surface area contributed by atoms with E-state index in [2.05, 4.69) is 54.3 Å². The number of allylic oxidation sites excluding steroid dienone is 2. The summed E-state index contributed by atoms with van der Waals surface area (Å²) < 4.78 is 15.5. The molecule has 3 aromatic rings. The molecule has 0 spiro atoms. The first-order valence-electron chi connectivity index (χ1n) is 12.1. The summed E-state index contributed by atoms with van der Waals surface area (Å²) in [6.45, 7) is 7.15. The van der Waals surface area contributed by atoms with Crippen LogP contribution in [0, 0.1) is 5.82 Å². The molecule has 10 nitrogen and oxygen atoms in total. The Morgan fingerprint density at radius 1 is 1.11 bits per heavy atom. The van der Waals surface area contributed by atoms with E-state index >= 15 is 4.39 Å². The van der Waals surface area contributed by atoms with Gasteiger partial charge in [0.2, 0.25) is 11.9 Å². The first kappa shape index (κ1) is 25.0. The maximum Gasteiger partial charge on any atom is 0.261 e. The Morgan fingerprint density at radius 3 is 2.61 bits per heavy atom. The molecule has 38 heavy (non-hydrogen) atoms. The SMILES string of the molecule is C=CC(=O)NC(=O)C1(c2c(F)ccc3cnc(Nc4ccc(N5CCN(C)CC5)nc4)nc23)C=CC=CN1. The van der Waals surface area contributed by atoms with Gasteiger partial charge in [0.25, 0.3) is 5.91 Å². The normalized spacial score (nSPS) is 19.2. The van der Waals surface area contributed by atoms with E-state index in [1.54, 1.807) is 24.5 Å². The van der Waals surface area contributed by atoms with Crippen molar-refractivity contribution in [1.29, 1.82) is 0 Å². The second kappa shape index (κ2) is 10.4. The summed E-state index contributed by atoms with van der Waals surface area (Å²) in [7, 11) is 2.10. The number of hydrogen-bond donors (Lipinski definition) is 3. The molecule has 2 aliphatic rings. The Bertz CT molecular complexity index is 1450. The molecule has 3 N–H and O–H groups in total. The van der Waals surface area contributed by atoms with Crippen LogP contribution in [-0.2, 0) is 15.1 Å². The number of piperazine rings is 1. The van der Waals surface area contributed by atoms with Crippen LogP contribution in [0.2, 0.25) is 0 Å². The molecule has 1 fully saturated rings. The van der Waals surface area contributed by atoms with Crippen molar-refractivity contribution in [2.45, 2.75) is 5.54 Å². The lowest BCUT2D eigenvalue weighted by atomic mass is 9.85. The van der Waals surface area contributed by atoms with Crippen LogP contribution in [0.15, 0.2) is 73.7 Å². The highest BCUT2D eigenvalue weighted by Crippen LogP contribution is 2.34. The van der Waals surface area contributed by atoms with Crippen molar-refractivity contribution >= 4 is 40.2 Å². The fourth-order valence-corrected chi connectivity index (χ4v) is 4.47. The maximum absolute atomic E-state index is 15.5. The number of anilines is 3. The van der Waals surface area contributed by atoms with E-state index in [9.17, 15) is 9.59 Å². The van der Waals surface area contributed by atoms with Gasteiger partial charge in [-0.25, -0.2) is 19.3 Å². The zero-order chi connectivity index (χ0) is 26.7. The number of pyridine rings is 1. The Kier molecular flexibility index (Phi) is 6.84. The predicted molar refractivity (Wildman–Crippen MR) is 143 cm³/mol. The molecule has 4 heterocycles. The number of carbonyl (C=O) groups excluding carboxylic acids is 2. The molecular formula is C27H27FN8O2. The molecule has 1 unspecified atom stereocenters. The number of imide groups is 1. The summed E-state index contributed by atoms with van der Waals surface area (Å²) in [5.74, 6) is -1.06. The molecule has 0 aliphatic carbocycles. The molecule has 1 aromatic carbocycles. The van der Waals surface area contributed by atoms with Crippen LogP contribution < -0.4 is 20.9 Å². The Labute approximate surface area is 219 Å². The van der Waals surface area contributed by atoms with Gasteiger partial charge in [0.15, 0.2) is 5.54 Å². The summed E-state index contributed by atoms with van der Waals surface area (Å²) in [4.78, 5) is 43.2. The number of rotatable bonds is 6. The molecule has 0 bridgehead atoms. The minimum absolute atomic E-state index is 0.0426. The maximum atomic E-state index is 15.5. The molecule has 2 aliphatic heterocycles. The number of dihydropyridines is 1. The third kappa shape index (κ3) is 4.83. The smallest absolute Gasteiger partial charge is 0.261 e. The summed E-state index contributed by atoms with van der Waals surface area (Å²) >= 11 is 0. The van der Waals surface area contributed by atoms with E-state index in [1.807, 2.05) is 12.1 Å². The van der Waals surface area contributed by atoms with Crippen LogP contribution >= 0.6 is 0 Å². The van der Waals surface area contributed by atoms with Crippen molar-refractivity contribution in [2.75, 3.05) is 43.4 Å². The first-order valence-corrected chi connectivity index (χ1v) is 12.1. The van der Waals surface area contributed by atoms with Crippen LogP contribution in [0.1, 0.15) is 5.56 Å². The second-order valence-corrected chi connectivity index (χ2v) is 9.07. The summed E-state index contributed by atoms with van der Waals surface area (Å²) in [6, 6.07) is 6.59. The van der Waals surface area contributed by atoms with E-state index in [0.29, 0.717) is 11.1 Å². The van der Waals surface area contributed by atoms with Crippen molar-refractivity contribution < 1.29 is 14.0 Å². The van der Waals surface area contributed by atoms with Crippen molar-refractivity contribution in [3.8, 4) is 0 Å². The van der Waals surface area contributed by atoms with Gasteiger partial charge in [0, 0.05) is 37.8 Å². The minimum atomic E-state index is -1.73. The predicted octanol–water partition coefficient (Wildman–Crippen LogP) is 2.36. The molecule has 2 amide bonds. The van der Waals surface area contributed by atoms with Gasteiger partial charge in [0.05, 0.1) is 23.0 Å². The highest BCUT2D eigenvalue weighted by atomic mass is 19.1. The van der Waals surface area contributed by atoms with Gasteiger partial charge in [-0.3, -0.25) is 14.9 Å². The van der Waals surface area contributed by atoms with Crippen LogP contribution in [0.3, 0.4) is 0 Å². The number of amides is 2. The number of hydrogen-bond acceptors (Lipinski definition) is 9. The lowest BCUT2D eigenvalue weighted by Crippen LogP contribution is -2.53. The quantitative estimate of drug-likeness (QED) is 0.427. The van der Waals surface area contributed by atoms with Crippen molar-refractivity contribution in [2.24, 2.45) is 0 Å². The van der Waals surface area contributed by atoms with E-state index in [1.165, 1.54) is 24.4 Å². The number of nitrogens with zero attached hydrogens (tertiary/aromatic N) is 5. The zero-order valence-corrected chi connectivity index (χ0v) is 20.8. The van der Waals surface area contributed by atoms with Crippen molar-refractivity contribution in [1.82, 2.24) is 30.5 Å². The van der Waals surface area contributed by atoms with Gasteiger partial charge in [-0.1, -0.05) is 12.7 Å². The molecule has 0 radical (unpaired) electrons. The third-order valence-electron chi connectivity index (χ3n) is 6.57. The standard InChI is InChI=1S/C27H27FN8O2/c1-3-22(37)33-25(38)27(10-4-5-11-31-27)23-20(28)8-6-18-16-30-26(34-24(18)23)32-19-7-9-21(29-17-19)36-14-12-35(2)13-15-36/h3-11,16-17,31H,1,12-15H2,2H3,(H,30,32,34)(H,33,37,38). The van der Waals surface area contributed by atoms with Gasteiger partial charge in [-0.2, -0.15) is 0 Å². The van der Waals surface area contributed by atoms with Crippen LogP contribution in [0.5, 0.6) is 0 Å². The van der Waals surface area contributed by atoms with Crippen LogP contribution in [0.4, 0.5) is 21.8 Å². The molecule has 1 atom stereocenters. The molecule has 11 heteroatoms. The Morgan fingerprint density at radius 2 is 1.92 bits per heavy atom. The summed E-state index contributed by atoms with van der Waals surface area (Å²) in [5, 5.41) is 8.78. The van der Waals surface area contributed by atoms with Gasteiger partial charge in [-0.05, 0) is 55.7 Å². The second-order valence-electron chi connectivity index (χ2n) is 9.07. The van der Waals surface area contributed by atoms with Crippen LogP contribution in [0.25, 0.3) is 10.9 Å². The van der Waals surface area contributed by atoms with Crippen molar-refractivity contribution in [3.63, 3.8) is 0 Å². The Hall–Kier alpha value is -4.64. The zero-order valence-electron chi connectivity index (χ0n) is 20.8. The van der Waals surface area contributed by atoms with Crippen LogP contribution in [-0.4, -0.2) is 64.9 Å². The number of carbonyl (C=O) groups is 2. The van der Waals surface area contributed by atoms with E-state index in [-0.39, 0.29) is 17.0 Å². The van der Waals surface area contributed by atoms with Gasteiger partial charge in [0.1, 0.15) is 11.6 Å². The number of aromatic nitrogens is 3. The fourth-order valence-electron chi connectivity index (χ4n) is 4.47. The fraction of sp³-hybridized carbons (Fsp3) is 0.222. The molecular weight excluding hydrogens is 487 g/mol. The average Bonchev–Trinajstić information content (AvgIpc) is 2.94. The number of halogens is 1. The van der Waals surface area contributed by atoms with E-state index < -0.39 is 23.2 Å². The molecule has 2 aromatic heterocycles. The molecule has 194 valence electrons. The molecule has 1 saturated heterocycles. The van der Waals surface area contributed by atoms with Gasteiger partial charge < -0.3 is 20.4 Å². The van der Waals surface area contributed by atoms with Crippen molar-refractivity contribution in [3.05, 3.63) is 85.1 Å². The number of nitrogens with one attached hydrogen (secondary N) is 3. The lowest BCUT2D eigenvalue weighted by Gasteiger charge is -2.33. The largest absolute Gasteiger partial charge is 0.370 e. The lowest BCUT2D eigenvalue weighted by molar-refractivity contribution is -0.131. The summed E-state index contributed by atoms with van der Waals surface area (Å²) in [5.41, 5.74) is -0.908.